The van der Waals surface area contributed by atoms with Crippen LogP contribution in [0.4, 0.5) is 10.8 Å². The Hall–Kier alpha value is -2.74. The average molecular weight is 345 g/mol. The minimum absolute atomic E-state index is 0.0955. The summed E-state index contributed by atoms with van der Waals surface area (Å²) in [6.45, 7) is 3.60. The van der Waals surface area contributed by atoms with Crippen LogP contribution in [0, 0.1) is 6.92 Å². The summed E-state index contributed by atoms with van der Waals surface area (Å²) in [4.78, 5) is 27.7. The van der Waals surface area contributed by atoms with Crippen molar-refractivity contribution < 1.29 is 9.59 Å². The molecule has 4 N–H and O–H groups in total. The number of hydrazone groups is 1. The van der Waals surface area contributed by atoms with Gasteiger partial charge in [0.2, 0.25) is 11.8 Å². The van der Waals surface area contributed by atoms with Gasteiger partial charge >= 0.3 is 0 Å². The lowest BCUT2D eigenvalue weighted by Crippen LogP contribution is -2.23. The molecule has 0 saturated heterocycles. The van der Waals surface area contributed by atoms with Gasteiger partial charge in [0.15, 0.2) is 5.13 Å². The molecule has 0 spiro atoms. The predicted molar refractivity (Wildman–Crippen MR) is 95.9 cm³/mol. The number of aryl methyl sites for hydroxylation is 1. The van der Waals surface area contributed by atoms with Crippen LogP contribution in [0.25, 0.3) is 0 Å². The van der Waals surface area contributed by atoms with Crippen molar-refractivity contribution in [3.05, 3.63) is 40.9 Å². The van der Waals surface area contributed by atoms with Crippen LogP contribution < -0.4 is 16.5 Å². The van der Waals surface area contributed by atoms with Crippen molar-refractivity contribution in [2.75, 3.05) is 11.1 Å². The largest absolute Gasteiger partial charge is 0.375 e. The number of benzene rings is 1. The van der Waals surface area contributed by atoms with Crippen molar-refractivity contribution >= 4 is 39.7 Å². The van der Waals surface area contributed by atoms with Crippen molar-refractivity contribution in [3.8, 4) is 0 Å². The van der Waals surface area contributed by atoms with Gasteiger partial charge in [0.1, 0.15) is 0 Å². The summed E-state index contributed by atoms with van der Waals surface area (Å²) in [6, 6.07) is 7.52. The Labute approximate surface area is 144 Å². The van der Waals surface area contributed by atoms with Gasteiger partial charge < -0.3 is 11.1 Å². The zero-order valence-electron chi connectivity index (χ0n) is 13.5. The predicted octanol–water partition coefficient (Wildman–Crippen LogP) is 2.10. The number of thiazole rings is 1. The zero-order valence-corrected chi connectivity index (χ0v) is 14.3. The molecule has 24 heavy (non-hydrogen) atoms. The number of para-hydroxylation sites is 1. The molecule has 126 valence electrons. The fourth-order valence-electron chi connectivity index (χ4n) is 1.95. The average Bonchev–Trinajstić information content (AvgIpc) is 2.92. The third-order valence-electron chi connectivity index (χ3n) is 3.12. The molecule has 0 atom stereocenters. The number of hydrogen-bond donors (Lipinski definition) is 3. The summed E-state index contributed by atoms with van der Waals surface area (Å²) in [5.74, 6) is -0.494. The Kier molecular flexibility index (Phi) is 6.02. The van der Waals surface area contributed by atoms with Crippen molar-refractivity contribution in [1.82, 2.24) is 10.4 Å². The highest BCUT2D eigenvalue weighted by Crippen LogP contribution is 2.13. The van der Waals surface area contributed by atoms with Crippen molar-refractivity contribution in [2.24, 2.45) is 5.10 Å². The zero-order chi connectivity index (χ0) is 17.5. The first-order chi connectivity index (χ1) is 11.4. The molecule has 1 aromatic heterocycles. The minimum Gasteiger partial charge on any atom is -0.375 e. The van der Waals surface area contributed by atoms with Gasteiger partial charge in [-0.1, -0.05) is 18.2 Å². The fraction of sp³-hybridized carbons (Fsp3) is 0.250. The lowest BCUT2D eigenvalue weighted by molar-refractivity contribution is -0.120. The van der Waals surface area contributed by atoms with Crippen molar-refractivity contribution in [2.45, 2.75) is 26.7 Å². The number of nitrogen functional groups attached to an aromatic ring is 1. The van der Waals surface area contributed by atoms with Crippen LogP contribution >= 0.6 is 11.3 Å². The molecule has 0 aliphatic heterocycles. The molecule has 0 aliphatic rings. The second kappa shape index (κ2) is 8.21. The molecule has 0 bridgehead atoms. The highest BCUT2D eigenvalue weighted by molar-refractivity contribution is 7.13. The van der Waals surface area contributed by atoms with E-state index >= 15 is 0 Å². The standard InChI is InChI=1S/C16H19N5O2S/c1-10-5-3-4-6-13(10)19-14(22)7-11(2)20-21-15(23)8-12-9-24-16(17)18-12/h3-6,9H,7-8H2,1-2H3,(H2,17,18)(H,19,22)(H,21,23). The van der Waals surface area contributed by atoms with Crippen LogP contribution in [0.3, 0.4) is 0 Å². The number of nitrogens with one attached hydrogen (secondary N) is 2. The summed E-state index contributed by atoms with van der Waals surface area (Å²) >= 11 is 1.28. The summed E-state index contributed by atoms with van der Waals surface area (Å²) < 4.78 is 0. The van der Waals surface area contributed by atoms with Crippen LogP contribution in [0.2, 0.25) is 0 Å². The Morgan fingerprint density at radius 1 is 1.29 bits per heavy atom. The SMILES string of the molecule is CC(CC(=O)Nc1ccccc1C)=NNC(=O)Cc1csc(N)n1. The topological polar surface area (TPSA) is 109 Å². The quantitative estimate of drug-likeness (QED) is 0.550. The Morgan fingerprint density at radius 3 is 2.71 bits per heavy atom. The molecule has 2 amide bonds. The number of carbonyl (C=O) groups is 2. The van der Waals surface area contributed by atoms with Crippen LogP contribution in [0.1, 0.15) is 24.6 Å². The van der Waals surface area contributed by atoms with Gasteiger partial charge in [-0.2, -0.15) is 5.10 Å². The van der Waals surface area contributed by atoms with Gasteiger partial charge in [-0.3, -0.25) is 9.59 Å². The molecular weight excluding hydrogens is 326 g/mol. The van der Waals surface area contributed by atoms with Crippen LogP contribution in [-0.2, 0) is 16.0 Å². The van der Waals surface area contributed by atoms with E-state index < -0.39 is 0 Å². The molecule has 8 heteroatoms. The molecular formula is C16H19N5O2S. The molecule has 1 aromatic carbocycles. The number of amides is 2. The molecule has 1 heterocycles. The molecule has 0 radical (unpaired) electrons. The van der Waals surface area contributed by atoms with E-state index in [1.54, 1.807) is 12.3 Å². The van der Waals surface area contributed by atoms with Gasteiger partial charge in [-0.15, -0.1) is 11.3 Å². The first-order valence-electron chi connectivity index (χ1n) is 7.31. The Morgan fingerprint density at radius 2 is 2.04 bits per heavy atom. The summed E-state index contributed by atoms with van der Waals surface area (Å²) in [5.41, 5.74) is 10.8. The Balaban J connectivity index is 1.81. The van der Waals surface area contributed by atoms with Crippen LogP contribution in [0.5, 0.6) is 0 Å². The third-order valence-corrected chi connectivity index (χ3v) is 3.84. The molecule has 0 unspecified atom stereocenters. The van der Waals surface area contributed by atoms with Crippen molar-refractivity contribution in [1.29, 1.82) is 0 Å². The van der Waals surface area contributed by atoms with Gasteiger partial charge in [0.05, 0.1) is 18.5 Å². The number of rotatable bonds is 6. The fourth-order valence-corrected chi connectivity index (χ4v) is 2.51. The Bertz CT molecular complexity index is 769. The number of aromatic nitrogens is 1. The third kappa shape index (κ3) is 5.47. The van der Waals surface area contributed by atoms with E-state index in [9.17, 15) is 9.59 Å². The molecule has 0 saturated carbocycles. The summed E-state index contributed by atoms with van der Waals surface area (Å²) in [7, 11) is 0. The highest BCUT2D eigenvalue weighted by atomic mass is 32.1. The first kappa shape index (κ1) is 17.6. The molecule has 0 fully saturated rings. The van der Waals surface area contributed by atoms with Gasteiger partial charge in [-0.25, -0.2) is 10.4 Å². The maximum atomic E-state index is 12.0. The lowest BCUT2D eigenvalue weighted by Gasteiger charge is -2.08. The van der Waals surface area contributed by atoms with Gasteiger partial charge in [-0.05, 0) is 25.5 Å². The van der Waals surface area contributed by atoms with Crippen molar-refractivity contribution in [3.63, 3.8) is 0 Å². The van der Waals surface area contributed by atoms with E-state index in [-0.39, 0.29) is 24.7 Å². The summed E-state index contributed by atoms with van der Waals surface area (Å²) in [5, 5.41) is 8.89. The van der Waals surface area contributed by atoms with E-state index in [1.165, 1.54) is 11.3 Å². The molecule has 2 aromatic rings. The van der Waals surface area contributed by atoms with Gasteiger partial charge in [0, 0.05) is 16.8 Å². The van der Waals surface area contributed by atoms with Crippen LogP contribution in [-0.4, -0.2) is 22.5 Å². The molecule has 0 aliphatic carbocycles. The highest BCUT2D eigenvalue weighted by Gasteiger charge is 2.08. The maximum Gasteiger partial charge on any atom is 0.246 e. The van der Waals surface area contributed by atoms with E-state index in [0.717, 1.165) is 11.3 Å². The molecule has 2 rings (SSSR count). The summed E-state index contributed by atoms with van der Waals surface area (Å²) in [6.07, 6.45) is 0.193. The number of nitrogens with two attached hydrogens (primary N) is 1. The van der Waals surface area contributed by atoms with E-state index in [0.29, 0.717) is 16.5 Å². The van der Waals surface area contributed by atoms with E-state index in [2.05, 4.69) is 20.8 Å². The second-order valence-corrected chi connectivity index (χ2v) is 6.17. The normalized spacial score (nSPS) is 11.2. The monoisotopic (exact) mass is 345 g/mol. The number of hydrogen-bond acceptors (Lipinski definition) is 6. The van der Waals surface area contributed by atoms with Crippen LogP contribution in [0.15, 0.2) is 34.7 Å². The number of anilines is 2. The van der Waals surface area contributed by atoms with E-state index in [1.807, 2.05) is 31.2 Å². The second-order valence-electron chi connectivity index (χ2n) is 5.28. The first-order valence-corrected chi connectivity index (χ1v) is 8.19. The van der Waals surface area contributed by atoms with Gasteiger partial charge in [0.25, 0.3) is 0 Å². The minimum atomic E-state index is -0.307. The number of carbonyl (C=O) groups excluding carboxylic acids is 2. The molecule has 7 nitrogen and oxygen atoms in total. The smallest absolute Gasteiger partial charge is 0.246 e. The van der Waals surface area contributed by atoms with E-state index in [4.69, 9.17) is 5.73 Å². The lowest BCUT2D eigenvalue weighted by atomic mass is 10.2. The number of nitrogens with zero attached hydrogens (tertiary/aromatic N) is 2. The maximum absolute atomic E-state index is 12.0.